The summed E-state index contributed by atoms with van der Waals surface area (Å²) in [7, 11) is 5.01. The van der Waals surface area contributed by atoms with E-state index in [1.165, 1.54) is 48.5 Å². The van der Waals surface area contributed by atoms with Crippen LogP contribution in [0, 0.1) is 11.8 Å². The smallest absolute Gasteiger partial charge is 0.102 e. The summed E-state index contributed by atoms with van der Waals surface area (Å²) in [6, 6.07) is 20.5. The quantitative estimate of drug-likeness (QED) is 0.390. The molecule has 2 aromatic carbocycles. The molecule has 2 N–H and O–H groups in total. The molecule has 2 aliphatic carbocycles. The Kier molecular flexibility index (Phi) is 4.94. The Morgan fingerprint density at radius 2 is 1.13 bits per heavy atom. The van der Waals surface area contributed by atoms with Gasteiger partial charge in [0.1, 0.15) is 25.2 Å². The number of aliphatic hydroxyl groups is 2. The molecule has 2 aromatic rings. The van der Waals surface area contributed by atoms with E-state index in [2.05, 4.69) is 97.0 Å². The van der Waals surface area contributed by atoms with Crippen molar-refractivity contribution >= 4 is 11.4 Å². The van der Waals surface area contributed by atoms with Gasteiger partial charge in [0.25, 0.3) is 0 Å². The third-order valence-corrected chi connectivity index (χ3v) is 15.3. The van der Waals surface area contributed by atoms with Crippen molar-refractivity contribution in [1.82, 2.24) is 0 Å². The first kappa shape index (κ1) is 26.9. The van der Waals surface area contributed by atoms with Gasteiger partial charge in [0.2, 0.25) is 0 Å². The van der Waals surface area contributed by atoms with Gasteiger partial charge in [-0.2, -0.15) is 0 Å². The minimum absolute atomic E-state index is 0.0790. The Balaban J connectivity index is 1.24. The van der Waals surface area contributed by atoms with E-state index in [9.17, 15) is 10.2 Å². The molecule has 6 heteroatoms. The second-order valence-corrected chi connectivity index (χ2v) is 16.7. The highest BCUT2D eigenvalue weighted by Gasteiger charge is 2.74. The molecule has 7 heterocycles. The maximum absolute atomic E-state index is 10.3. The van der Waals surface area contributed by atoms with Crippen LogP contribution in [0.3, 0.4) is 0 Å². The van der Waals surface area contributed by atoms with Crippen LogP contribution in [-0.4, -0.2) is 96.8 Å². The van der Waals surface area contributed by atoms with E-state index in [4.69, 9.17) is 0 Å². The zero-order valence-electron chi connectivity index (χ0n) is 27.1. The third-order valence-electron chi connectivity index (χ3n) is 15.3. The molecule has 0 radical (unpaired) electrons. The molecule has 236 valence electrons. The molecule has 11 rings (SSSR count). The van der Waals surface area contributed by atoms with Crippen molar-refractivity contribution in [3.8, 4) is 0 Å². The van der Waals surface area contributed by atoms with Gasteiger partial charge < -0.3 is 29.0 Å². The zero-order chi connectivity index (χ0) is 30.8. The van der Waals surface area contributed by atoms with Gasteiger partial charge in [-0.05, 0) is 45.6 Å². The first-order valence-corrected chi connectivity index (χ1v) is 17.8. The van der Waals surface area contributed by atoms with Crippen molar-refractivity contribution in [3.63, 3.8) is 0 Å². The van der Waals surface area contributed by atoms with Crippen LogP contribution in [0.15, 0.2) is 95.4 Å². The van der Waals surface area contributed by atoms with Crippen LogP contribution in [-0.2, 0) is 10.8 Å². The number of para-hydroxylation sites is 2. The number of piperidine rings is 2. The van der Waals surface area contributed by atoms with Crippen LogP contribution in [0.4, 0.5) is 11.4 Å². The molecule has 2 saturated carbocycles. The van der Waals surface area contributed by atoms with Crippen LogP contribution in [0.1, 0.15) is 36.8 Å². The highest BCUT2D eigenvalue weighted by molar-refractivity contribution is 5.77. The number of nitrogens with zero attached hydrogens (tertiary/aromatic N) is 4. The van der Waals surface area contributed by atoms with Gasteiger partial charge in [-0.25, -0.2) is 0 Å². The van der Waals surface area contributed by atoms with E-state index in [1.807, 2.05) is 0 Å². The van der Waals surface area contributed by atoms with E-state index < -0.39 is 0 Å². The van der Waals surface area contributed by atoms with E-state index in [1.54, 1.807) is 22.3 Å². The van der Waals surface area contributed by atoms with Gasteiger partial charge in [-0.15, -0.1) is 0 Å². The summed E-state index contributed by atoms with van der Waals surface area (Å²) in [5.74, 6) is 0.709. The minimum atomic E-state index is 0.0790. The monoisotopic (exact) mass is 614 g/mol. The molecule has 9 aliphatic rings. The van der Waals surface area contributed by atoms with Crippen LogP contribution in [0.2, 0.25) is 0 Å². The van der Waals surface area contributed by atoms with Gasteiger partial charge in [0.05, 0.1) is 63.3 Å². The third kappa shape index (κ3) is 2.77. The lowest BCUT2D eigenvalue weighted by molar-refractivity contribution is -0.924. The van der Waals surface area contributed by atoms with Crippen LogP contribution in [0.25, 0.3) is 0 Å². The summed E-state index contributed by atoms with van der Waals surface area (Å²) in [6.07, 6.45) is 14.4. The van der Waals surface area contributed by atoms with E-state index in [0.717, 1.165) is 34.9 Å². The van der Waals surface area contributed by atoms with Crippen molar-refractivity contribution in [2.24, 2.45) is 11.8 Å². The fourth-order valence-electron chi connectivity index (χ4n) is 13.8. The number of quaternary nitrogens is 2. The second kappa shape index (κ2) is 8.46. The van der Waals surface area contributed by atoms with Gasteiger partial charge in [0.15, 0.2) is 0 Å². The van der Waals surface area contributed by atoms with Crippen molar-refractivity contribution in [3.05, 3.63) is 107 Å². The van der Waals surface area contributed by atoms with Crippen molar-refractivity contribution in [1.29, 1.82) is 0 Å². The average molecular weight is 615 g/mol. The predicted molar refractivity (Wildman–Crippen MR) is 180 cm³/mol. The molecule has 6 fully saturated rings. The zero-order valence-corrected chi connectivity index (χ0v) is 27.1. The first-order chi connectivity index (χ1) is 22.4. The molecular weight excluding hydrogens is 568 g/mol. The summed E-state index contributed by atoms with van der Waals surface area (Å²) < 4.78 is 2.18. The van der Waals surface area contributed by atoms with Gasteiger partial charge in [0, 0.05) is 61.3 Å². The van der Waals surface area contributed by atoms with Crippen LogP contribution in [0.5, 0.6) is 0 Å². The highest BCUT2D eigenvalue weighted by atomic mass is 16.3. The lowest BCUT2D eigenvalue weighted by atomic mass is 9.56. The summed E-state index contributed by atoms with van der Waals surface area (Å²) in [6.45, 7) is 4.70. The maximum Gasteiger partial charge on any atom is 0.102 e. The number of anilines is 2. The number of likely N-dealkylation sites (N-methyl/N-ethyl adjacent to an activating group) is 2. The number of hydrogen-bond donors (Lipinski definition) is 2. The second-order valence-electron chi connectivity index (χ2n) is 16.7. The molecule has 4 saturated heterocycles. The molecule has 7 aliphatic heterocycles. The molecule has 6 nitrogen and oxygen atoms in total. The number of benzene rings is 2. The highest BCUT2D eigenvalue weighted by Crippen LogP contribution is 2.69. The summed E-state index contributed by atoms with van der Waals surface area (Å²) in [4.78, 5) is 5.55. The predicted octanol–water partition coefficient (Wildman–Crippen LogP) is 4.36. The number of fused-ring (bicyclic) bond motifs is 8. The Morgan fingerprint density at radius 3 is 1.57 bits per heavy atom. The van der Waals surface area contributed by atoms with E-state index >= 15 is 0 Å². The standard InChI is InChI=1S/C40H46N4O2/c1-43-15-13-39-31-7-3-5-9-33(31)41-22-30-28-20-36-40(14-16-44(36,2)24-26(28)12-18-46)32-8-4-6-10-34(32)42(38(30)40)21-29(37(39)41)27(19-35(39)43)25(23-43)11-17-45/h3-12,21-22,27-28,35-38,45-46H,13-20,23-24H2,1-2H3/q+2/b25-11-,26-12-,29-21-,30-22-/t27-,28-,35?,36?,37-,38-,39+,40+,43-,44-/m0/s1. The normalized spacial score (nSPS) is 48.6. The maximum atomic E-state index is 10.3. The Morgan fingerprint density at radius 1 is 0.696 bits per heavy atom. The summed E-state index contributed by atoms with van der Waals surface area (Å²) in [5, 5.41) is 20.6. The lowest BCUT2D eigenvalue weighted by Crippen LogP contribution is -2.68. The molecule has 0 aromatic heterocycles. The van der Waals surface area contributed by atoms with Crippen molar-refractivity contribution < 1.29 is 19.2 Å². The SMILES string of the molecule is C[N@@+]12CC[C@@]34c5ccccc5N5/C=C6/[C@H]7CC8[C@@]9(CC[N@@+]8(C)C/C7=C/CO)c7ccccc7N(/C=C(/[C@@H](CC31)/C(=C\CO)C2)[C@H]54)[C@@H]69. The summed E-state index contributed by atoms with van der Waals surface area (Å²) in [5.41, 5.74) is 12.1. The van der Waals surface area contributed by atoms with Crippen LogP contribution >= 0.6 is 0 Å². The van der Waals surface area contributed by atoms with Crippen molar-refractivity contribution in [2.75, 3.05) is 63.3 Å². The molecule has 4 bridgehead atoms. The number of hydrogen-bond acceptors (Lipinski definition) is 4. The van der Waals surface area contributed by atoms with Crippen molar-refractivity contribution in [2.45, 2.75) is 60.7 Å². The molecule has 10 atom stereocenters. The van der Waals surface area contributed by atoms with Gasteiger partial charge in [-0.3, -0.25) is 0 Å². The Labute approximate surface area is 272 Å². The van der Waals surface area contributed by atoms with Crippen LogP contribution < -0.4 is 9.80 Å². The van der Waals surface area contributed by atoms with Gasteiger partial charge in [-0.1, -0.05) is 48.6 Å². The minimum Gasteiger partial charge on any atom is -0.392 e. The van der Waals surface area contributed by atoms with E-state index in [-0.39, 0.29) is 36.1 Å². The topological polar surface area (TPSA) is 46.9 Å². The fourth-order valence-corrected chi connectivity index (χ4v) is 13.8. The average Bonchev–Trinajstić information content (AvgIpc) is 3.73. The molecular formula is C40H46N4O2+2. The Bertz CT molecular complexity index is 1730. The molecule has 2 unspecified atom stereocenters. The lowest BCUT2D eigenvalue weighted by Gasteiger charge is -2.58. The Hall–Kier alpha value is -3.16. The molecule has 46 heavy (non-hydrogen) atoms. The number of aliphatic hydroxyl groups excluding tert-OH is 2. The summed E-state index contributed by atoms with van der Waals surface area (Å²) >= 11 is 0. The fraction of sp³-hybridized carbons (Fsp3) is 0.500. The molecule has 0 amide bonds. The first-order valence-electron chi connectivity index (χ1n) is 17.8. The molecule has 2 spiro atoms. The number of rotatable bonds is 2. The van der Waals surface area contributed by atoms with Gasteiger partial charge >= 0.3 is 0 Å². The van der Waals surface area contributed by atoms with E-state index in [0.29, 0.717) is 23.9 Å². The largest absolute Gasteiger partial charge is 0.392 e.